The Morgan fingerprint density at radius 1 is 1.00 bits per heavy atom. The zero-order valence-corrected chi connectivity index (χ0v) is 13.6. The summed E-state index contributed by atoms with van der Waals surface area (Å²) in [6, 6.07) is 15.4. The van der Waals surface area contributed by atoms with Crippen molar-refractivity contribution in [1.82, 2.24) is 0 Å². The summed E-state index contributed by atoms with van der Waals surface area (Å²) in [5.41, 5.74) is 3.17. The van der Waals surface area contributed by atoms with Crippen LogP contribution in [0.5, 0.6) is 0 Å². The third-order valence-electron chi connectivity index (χ3n) is 4.15. The van der Waals surface area contributed by atoms with Crippen molar-refractivity contribution < 1.29 is 4.79 Å². The molecule has 110 valence electrons. The fraction of sp³-hybridized carbons (Fsp3) is 0.316. The maximum absolute atomic E-state index is 12.3. The van der Waals surface area contributed by atoms with Crippen LogP contribution in [0.2, 0.25) is 5.02 Å². The summed E-state index contributed by atoms with van der Waals surface area (Å²) in [6.45, 7) is 6.62. The van der Waals surface area contributed by atoms with Gasteiger partial charge in [0.2, 0.25) is 0 Å². The van der Waals surface area contributed by atoms with Gasteiger partial charge < -0.3 is 0 Å². The second-order valence-electron chi connectivity index (χ2n) is 6.04. The van der Waals surface area contributed by atoms with E-state index in [9.17, 15) is 4.79 Å². The van der Waals surface area contributed by atoms with Gasteiger partial charge in [-0.3, -0.25) is 4.79 Å². The van der Waals surface area contributed by atoms with Gasteiger partial charge in [0, 0.05) is 17.0 Å². The Balaban J connectivity index is 2.11. The standard InChI is InChI=1S/C19H21ClO/c1-4-19(2,3)16-9-7-15(8-10-16)18(21)13-14-5-11-17(20)12-6-14/h5-12H,4,13H2,1-3H3. The third kappa shape index (κ3) is 3.95. The van der Waals surface area contributed by atoms with E-state index in [4.69, 9.17) is 11.6 Å². The fourth-order valence-electron chi connectivity index (χ4n) is 2.20. The molecule has 2 aromatic carbocycles. The van der Waals surface area contributed by atoms with Crippen LogP contribution in [0.4, 0.5) is 0 Å². The Hall–Kier alpha value is -1.60. The Morgan fingerprint density at radius 2 is 1.57 bits per heavy atom. The van der Waals surface area contributed by atoms with Crippen LogP contribution in [-0.4, -0.2) is 5.78 Å². The molecule has 1 nitrogen and oxygen atoms in total. The van der Waals surface area contributed by atoms with Crippen molar-refractivity contribution in [3.05, 3.63) is 70.2 Å². The van der Waals surface area contributed by atoms with Gasteiger partial charge in [0.1, 0.15) is 0 Å². The van der Waals surface area contributed by atoms with E-state index in [2.05, 4.69) is 32.9 Å². The van der Waals surface area contributed by atoms with Crippen molar-refractivity contribution >= 4 is 17.4 Å². The molecular formula is C19H21ClO. The highest BCUT2D eigenvalue weighted by atomic mass is 35.5. The lowest BCUT2D eigenvalue weighted by molar-refractivity contribution is 0.0993. The predicted molar refractivity (Wildman–Crippen MR) is 89.2 cm³/mol. The molecule has 2 aromatic rings. The summed E-state index contributed by atoms with van der Waals surface area (Å²) < 4.78 is 0. The number of hydrogen-bond acceptors (Lipinski definition) is 1. The van der Waals surface area contributed by atoms with Crippen LogP contribution in [0.1, 0.15) is 48.7 Å². The molecule has 21 heavy (non-hydrogen) atoms. The van der Waals surface area contributed by atoms with Crippen molar-refractivity contribution in [1.29, 1.82) is 0 Å². The molecule has 0 aliphatic rings. The van der Waals surface area contributed by atoms with E-state index in [-0.39, 0.29) is 11.2 Å². The van der Waals surface area contributed by atoms with Gasteiger partial charge in [-0.2, -0.15) is 0 Å². The number of benzene rings is 2. The molecule has 0 aliphatic heterocycles. The number of ketones is 1. The van der Waals surface area contributed by atoms with Crippen molar-refractivity contribution in [2.75, 3.05) is 0 Å². The molecule has 0 radical (unpaired) electrons. The summed E-state index contributed by atoms with van der Waals surface area (Å²) in [4.78, 5) is 12.3. The molecule has 0 amide bonds. The molecule has 0 heterocycles. The average molecular weight is 301 g/mol. The first-order valence-electron chi connectivity index (χ1n) is 7.30. The van der Waals surface area contributed by atoms with E-state index in [1.165, 1.54) is 5.56 Å². The molecule has 0 saturated carbocycles. The molecule has 0 unspecified atom stereocenters. The van der Waals surface area contributed by atoms with Crippen LogP contribution in [0.25, 0.3) is 0 Å². The lowest BCUT2D eigenvalue weighted by Gasteiger charge is -2.23. The summed E-state index contributed by atoms with van der Waals surface area (Å²) in [5.74, 6) is 0.137. The summed E-state index contributed by atoms with van der Waals surface area (Å²) in [7, 11) is 0. The number of Topliss-reactive ketones (excluding diaryl/α,β-unsaturated/α-hetero) is 1. The summed E-state index contributed by atoms with van der Waals surface area (Å²) >= 11 is 5.85. The van der Waals surface area contributed by atoms with E-state index >= 15 is 0 Å². The highest BCUT2D eigenvalue weighted by Gasteiger charge is 2.18. The molecule has 0 spiro atoms. The third-order valence-corrected chi connectivity index (χ3v) is 4.40. The second kappa shape index (κ2) is 6.44. The van der Waals surface area contributed by atoms with Crippen LogP contribution in [0.3, 0.4) is 0 Å². The molecule has 0 aromatic heterocycles. The highest BCUT2D eigenvalue weighted by molar-refractivity contribution is 6.30. The second-order valence-corrected chi connectivity index (χ2v) is 6.48. The average Bonchev–Trinajstić information content (AvgIpc) is 2.49. The number of carbonyl (C=O) groups excluding carboxylic acids is 1. The van der Waals surface area contributed by atoms with Crippen molar-refractivity contribution in [2.24, 2.45) is 0 Å². The number of carbonyl (C=O) groups is 1. The molecule has 0 N–H and O–H groups in total. The maximum Gasteiger partial charge on any atom is 0.167 e. The molecular weight excluding hydrogens is 280 g/mol. The predicted octanol–water partition coefficient (Wildman–Crippen LogP) is 5.45. The molecule has 0 fully saturated rings. The highest BCUT2D eigenvalue weighted by Crippen LogP contribution is 2.26. The van der Waals surface area contributed by atoms with Crippen LogP contribution in [0, 0.1) is 0 Å². The first-order chi connectivity index (χ1) is 9.92. The Morgan fingerprint density at radius 3 is 2.10 bits per heavy atom. The largest absolute Gasteiger partial charge is 0.294 e. The molecule has 0 bridgehead atoms. The minimum Gasteiger partial charge on any atom is -0.294 e. The maximum atomic E-state index is 12.3. The van der Waals surface area contributed by atoms with Gasteiger partial charge in [0.25, 0.3) is 0 Å². The SMILES string of the molecule is CCC(C)(C)c1ccc(C(=O)Cc2ccc(Cl)cc2)cc1. The normalized spacial score (nSPS) is 11.4. The molecule has 0 saturated heterocycles. The number of rotatable bonds is 5. The molecule has 2 heteroatoms. The monoisotopic (exact) mass is 300 g/mol. The van der Waals surface area contributed by atoms with Gasteiger partial charge in [-0.1, -0.05) is 68.8 Å². The van der Waals surface area contributed by atoms with E-state index in [1.807, 2.05) is 36.4 Å². The fourth-order valence-corrected chi connectivity index (χ4v) is 2.33. The van der Waals surface area contributed by atoms with E-state index in [0.29, 0.717) is 11.4 Å². The Labute approximate surface area is 132 Å². The van der Waals surface area contributed by atoms with E-state index in [0.717, 1.165) is 17.5 Å². The molecule has 2 rings (SSSR count). The lowest BCUT2D eigenvalue weighted by Crippen LogP contribution is -2.15. The topological polar surface area (TPSA) is 17.1 Å². The first-order valence-corrected chi connectivity index (χ1v) is 7.68. The van der Waals surface area contributed by atoms with Crippen LogP contribution >= 0.6 is 11.6 Å². The van der Waals surface area contributed by atoms with Gasteiger partial charge in [0.15, 0.2) is 5.78 Å². The van der Waals surface area contributed by atoms with Crippen molar-refractivity contribution in [3.63, 3.8) is 0 Å². The van der Waals surface area contributed by atoms with Crippen LogP contribution < -0.4 is 0 Å². The van der Waals surface area contributed by atoms with Crippen molar-refractivity contribution in [3.8, 4) is 0 Å². The van der Waals surface area contributed by atoms with E-state index in [1.54, 1.807) is 0 Å². The summed E-state index contributed by atoms with van der Waals surface area (Å²) in [6.07, 6.45) is 1.48. The minimum atomic E-state index is 0.137. The smallest absolute Gasteiger partial charge is 0.167 e. The lowest BCUT2D eigenvalue weighted by atomic mass is 9.82. The zero-order chi connectivity index (χ0) is 15.5. The Kier molecular flexibility index (Phi) is 4.84. The van der Waals surface area contributed by atoms with Gasteiger partial charge >= 0.3 is 0 Å². The van der Waals surface area contributed by atoms with Gasteiger partial charge in [0.05, 0.1) is 0 Å². The molecule has 0 atom stereocenters. The minimum absolute atomic E-state index is 0.137. The van der Waals surface area contributed by atoms with Gasteiger partial charge in [-0.25, -0.2) is 0 Å². The van der Waals surface area contributed by atoms with Gasteiger partial charge in [-0.05, 0) is 35.1 Å². The Bertz CT molecular complexity index is 609. The van der Waals surface area contributed by atoms with Gasteiger partial charge in [-0.15, -0.1) is 0 Å². The summed E-state index contributed by atoms with van der Waals surface area (Å²) in [5, 5.41) is 0.692. The van der Waals surface area contributed by atoms with Crippen LogP contribution in [-0.2, 0) is 11.8 Å². The quantitative estimate of drug-likeness (QED) is 0.671. The van der Waals surface area contributed by atoms with Crippen LogP contribution in [0.15, 0.2) is 48.5 Å². The number of hydrogen-bond donors (Lipinski definition) is 0. The molecule has 0 aliphatic carbocycles. The first kappa shape index (κ1) is 15.8. The van der Waals surface area contributed by atoms with Crippen molar-refractivity contribution in [2.45, 2.75) is 39.0 Å². The van der Waals surface area contributed by atoms with E-state index < -0.39 is 0 Å². The number of halogens is 1. The zero-order valence-electron chi connectivity index (χ0n) is 12.8.